The molecule has 0 aliphatic carbocycles. The van der Waals surface area contributed by atoms with E-state index in [1.165, 1.54) is 9.80 Å². The number of rotatable bonds is 15. The Bertz CT molecular complexity index is 1760. The first-order valence-electron chi connectivity index (χ1n) is 17.1. The minimum Gasteiger partial charge on any atom is -0.455 e. The number of amides is 3. The Morgan fingerprint density at radius 2 is 1.88 bits per heavy atom. The molecule has 0 saturated carbocycles. The maximum atomic E-state index is 14.7. The Morgan fingerprint density at radius 1 is 1.14 bits per heavy atom. The molecular formula is C37H44N6O7. The molecule has 3 aliphatic rings. The number of fused-ring (bicyclic) bond motifs is 2. The predicted molar refractivity (Wildman–Crippen MR) is 183 cm³/mol. The van der Waals surface area contributed by atoms with Gasteiger partial charge in [-0.25, -0.2) is 4.68 Å². The van der Waals surface area contributed by atoms with Gasteiger partial charge in [-0.15, -0.1) is 18.3 Å². The van der Waals surface area contributed by atoms with E-state index in [9.17, 15) is 24.3 Å². The van der Waals surface area contributed by atoms with Gasteiger partial charge in [0, 0.05) is 13.0 Å². The fourth-order valence-corrected chi connectivity index (χ4v) is 7.87. The van der Waals surface area contributed by atoms with E-state index >= 15 is 0 Å². The van der Waals surface area contributed by atoms with Crippen LogP contribution in [0.3, 0.4) is 0 Å². The average molecular weight is 685 g/mol. The monoisotopic (exact) mass is 684 g/mol. The van der Waals surface area contributed by atoms with Crippen LogP contribution in [-0.4, -0.2) is 96.6 Å². The lowest BCUT2D eigenvalue weighted by molar-refractivity contribution is -0.162. The number of carbonyl (C=O) groups is 4. The van der Waals surface area contributed by atoms with Gasteiger partial charge in [0.15, 0.2) is 0 Å². The summed E-state index contributed by atoms with van der Waals surface area (Å²) in [7, 11) is 0. The van der Waals surface area contributed by atoms with Gasteiger partial charge in [0.1, 0.15) is 29.9 Å². The van der Waals surface area contributed by atoms with Crippen molar-refractivity contribution in [3.8, 4) is 0 Å². The van der Waals surface area contributed by atoms with Crippen LogP contribution in [0.2, 0.25) is 0 Å². The van der Waals surface area contributed by atoms with E-state index in [0.29, 0.717) is 30.3 Å². The van der Waals surface area contributed by atoms with Crippen molar-refractivity contribution in [1.29, 1.82) is 0 Å². The molecule has 8 atom stereocenters. The standard InChI is InChI=1S/C37H44N6O7/c1-5-7-17-29(45)38-24(4)32(25-13-9-8-10-14-25)49-36(48)30-28-18-19-37(50-28)31(30)34(46)43(23(3)21-44)33(37)35(47)41(20-6-2)22-42-27-16-12-11-15-26(27)39-40-42/h5-6,8-16,23-24,28,30-33,44H,1-2,7,17-22H2,3-4H3,(H,38,45)/t23-,24+,28-,30+,31+,32+,33-,37+/m1/s1. The van der Waals surface area contributed by atoms with E-state index in [-0.39, 0.29) is 25.5 Å². The molecule has 1 aromatic heterocycles. The Morgan fingerprint density at radius 3 is 2.60 bits per heavy atom. The summed E-state index contributed by atoms with van der Waals surface area (Å²) in [5.74, 6) is -3.71. The fourth-order valence-electron chi connectivity index (χ4n) is 7.87. The van der Waals surface area contributed by atoms with E-state index in [1.807, 2.05) is 54.6 Å². The fraction of sp³-hybridized carbons (Fsp3) is 0.459. The summed E-state index contributed by atoms with van der Waals surface area (Å²) in [5, 5.41) is 21.7. The first kappa shape index (κ1) is 35.0. The third kappa shape index (κ3) is 6.20. The molecule has 3 amide bonds. The summed E-state index contributed by atoms with van der Waals surface area (Å²) in [6, 6.07) is 14.1. The topological polar surface area (TPSA) is 156 Å². The van der Waals surface area contributed by atoms with Crippen LogP contribution in [0.25, 0.3) is 11.0 Å². The Kier molecular flexibility index (Phi) is 10.2. The second kappa shape index (κ2) is 14.5. The third-order valence-corrected chi connectivity index (χ3v) is 10.2. The van der Waals surface area contributed by atoms with E-state index < -0.39 is 72.2 Å². The van der Waals surface area contributed by atoms with Gasteiger partial charge in [0.25, 0.3) is 0 Å². The molecule has 13 heteroatoms. The summed E-state index contributed by atoms with van der Waals surface area (Å²) in [6.45, 7) is 10.7. The SMILES string of the molecule is C=CCCC(=O)N[C@@H](C)[C@H](OC(=O)[C@@H]1[C@H]2C(=O)N([C@H](C)CO)[C@H](C(=O)N(CC=C)Cn3nnc4ccccc43)[C@]23CC[C@H]1O3)c1ccccc1. The minimum absolute atomic E-state index is 0.0300. The zero-order valence-corrected chi connectivity index (χ0v) is 28.4. The number of nitrogens with zero attached hydrogens (tertiary/aromatic N) is 5. The highest BCUT2D eigenvalue weighted by molar-refractivity contribution is 5.98. The van der Waals surface area contributed by atoms with Crippen molar-refractivity contribution in [1.82, 2.24) is 30.1 Å². The highest BCUT2D eigenvalue weighted by Crippen LogP contribution is 2.59. The number of hydrogen-bond donors (Lipinski definition) is 2. The smallest absolute Gasteiger partial charge is 0.313 e. The molecule has 2 bridgehead atoms. The molecule has 2 aromatic carbocycles. The van der Waals surface area contributed by atoms with Crippen LogP contribution in [0, 0.1) is 11.8 Å². The number of benzene rings is 2. The molecule has 264 valence electrons. The lowest BCUT2D eigenvalue weighted by atomic mass is 9.70. The Labute approximate surface area is 290 Å². The zero-order chi connectivity index (χ0) is 35.6. The van der Waals surface area contributed by atoms with Gasteiger partial charge in [-0.05, 0) is 50.8 Å². The first-order valence-corrected chi connectivity index (χ1v) is 17.1. The van der Waals surface area contributed by atoms with Gasteiger partial charge in [-0.3, -0.25) is 19.2 Å². The molecule has 13 nitrogen and oxygen atoms in total. The number of carbonyl (C=O) groups excluding carboxylic acids is 4. The number of aliphatic hydroxyl groups is 1. The van der Waals surface area contributed by atoms with Crippen LogP contribution >= 0.6 is 0 Å². The maximum Gasteiger partial charge on any atom is 0.313 e. The maximum absolute atomic E-state index is 14.7. The molecule has 1 spiro atoms. The molecule has 3 aliphatic heterocycles. The van der Waals surface area contributed by atoms with Crippen LogP contribution in [0.5, 0.6) is 0 Å². The molecule has 50 heavy (non-hydrogen) atoms. The van der Waals surface area contributed by atoms with Crippen molar-refractivity contribution in [3.63, 3.8) is 0 Å². The van der Waals surface area contributed by atoms with Crippen molar-refractivity contribution in [2.45, 2.75) is 82.1 Å². The predicted octanol–water partition coefficient (Wildman–Crippen LogP) is 2.91. The Balaban J connectivity index is 1.30. The minimum atomic E-state index is -1.32. The van der Waals surface area contributed by atoms with Gasteiger partial charge in [0.2, 0.25) is 17.7 Å². The van der Waals surface area contributed by atoms with Crippen LogP contribution in [0.4, 0.5) is 0 Å². The van der Waals surface area contributed by atoms with Crippen LogP contribution in [-0.2, 0) is 35.3 Å². The summed E-state index contributed by atoms with van der Waals surface area (Å²) in [5.41, 5.74) is 0.761. The largest absolute Gasteiger partial charge is 0.455 e. The number of aromatic nitrogens is 3. The van der Waals surface area contributed by atoms with Crippen molar-refractivity contribution in [2.24, 2.45) is 11.8 Å². The van der Waals surface area contributed by atoms with Gasteiger partial charge in [0.05, 0.1) is 42.1 Å². The highest BCUT2D eigenvalue weighted by Gasteiger charge is 2.75. The number of allylic oxidation sites excluding steroid dienone is 1. The van der Waals surface area contributed by atoms with Crippen molar-refractivity contribution >= 4 is 34.7 Å². The number of likely N-dealkylation sites (tertiary alicyclic amines) is 1. The summed E-state index contributed by atoms with van der Waals surface area (Å²) < 4.78 is 14.4. The van der Waals surface area contributed by atoms with Crippen molar-refractivity contribution < 1.29 is 33.8 Å². The molecule has 3 aromatic rings. The molecule has 3 saturated heterocycles. The number of esters is 1. The van der Waals surface area contributed by atoms with Gasteiger partial charge >= 0.3 is 5.97 Å². The van der Waals surface area contributed by atoms with Crippen LogP contribution in [0.1, 0.15) is 51.2 Å². The zero-order valence-electron chi connectivity index (χ0n) is 28.4. The Hall–Kier alpha value is -4.88. The molecule has 0 unspecified atom stereocenters. The van der Waals surface area contributed by atoms with E-state index in [0.717, 1.165) is 5.52 Å². The van der Waals surface area contributed by atoms with E-state index in [2.05, 4.69) is 28.8 Å². The highest BCUT2D eigenvalue weighted by atomic mass is 16.6. The van der Waals surface area contributed by atoms with Crippen molar-refractivity contribution in [3.05, 3.63) is 85.5 Å². The average Bonchev–Trinajstić information content (AvgIpc) is 3.88. The first-order chi connectivity index (χ1) is 24.1. The summed E-state index contributed by atoms with van der Waals surface area (Å²) in [6.07, 6.45) is 3.30. The number of aliphatic hydroxyl groups excluding tert-OH is 1. The number of para-hydroxylation sites is 1. The molecule has 6 rings (SSSR count). The second-order valence-corrected chi connectivity index (χ2v) is 13.4. The lowest BCUT2D eigenvalue weighted by Gasteiger charge is -2.38. The molecule has 0 radical (unpaired) electrons. The van der Waals surface area contributed by atoms with Gasteiger partial charge < -0.3 is 29.7 Å². The number of ether oxygens (including phenoxy) is 2. The van der Waals surface area contributed by atoms with E-state index in [4.69, 9.17) is 9.47 Å². The quantitative estimate of drug-likeness (QED) is 0.182. The number of nitrogens with one attached hydrogen (secondary N) is 1. The second-order valence-electron chi connectivity index (χ2n) is 13.4. The lowest BCUT2D eigenvalue weighted by Crippen LogP contribution is -2.58. The third-order valence-electron chi connectivity index (χ3n) is 10.2. The van der Waals surface area contributed by atoms with Crippen LogP contribution < -0.4 is 5.32 Å². The van der Waals surface area contributed by atoms with Gasteiger partial charge in [-0.2, -0.15) is 0 Å². The molecule has 4 heterocycles. The van der Waals surface area contributed by atoms with Crippen LogP contribution in [0.15, 0.2) is 79.9 Å². The molecule has 3 fully saturated rings. The molecule has 2 N–H and O–H groups in total. The summed E-state index contributed by atoms with van der Waals surface area (Å²) in [4.78, 5) is 59.0. The number of hydrogen-bond acceptors (Lipinski definition) is 9. The normalized spacial score (nSPS) is 25.5. The van der Waals surface area contributed by atoms with Gasteiger partial charge in [-0.1, -0.05) is 59.8 Å². The molecular weight excluding hydrogens is 640 g/mol. The van der Waals surface area contributed by atoms with E-state index in [1.54, 1.807) is 30.7 Å². The van der Waals surface area contributed by atoms with Crippen molar-refractivity contribution in [2.75, 3.05) is 13.2 Å². The summed E-state index contributed by atoms with van der Waals surface area (Å²) >= 11 is 0.